The molecule has 2 aliphatic carbocycles. The predicted molar refractivity (Wildman–Crippen MR) is 296 cm³/mol. The number of ether oxygens (including phenoxy) is 1. The van der Waals surface area contributed by atoms with Crippen LogP contribution in [0, 0.1) is 47.3 Å². The second kappa shape index (κ2) is 24.7. The Balaban J connectivity index is 1.19. The number of benzene rings is 4. The van der Waals surface area contributed by atoms with E-state index in [4.69, 9.17) is 4.74 Å². The highest BCUT2D eigenvalue weighted by Crippen LogP contribution is 2.48. The molecule has 1 aromatic heterocycles. The Morgan fingerprint density at radius 2 is 1.64 bits per heavy atom. The van der Waals surface area contributed by atoms with Crippen LogP contribution in [0.15, 0.2) is 109 Å². The lowest BCUT2D eigenvalue weighted by Gasteiger charge is -2.36. The van der Waals surface area contributed by atoms with Gasteiger partial charge in [0, 0.05) is 80.3 Å². The molecule has 0 saturated heterocycles. The zero-order valence-electron chi connectivity index (χ0n) is 44.1. The Hall–Kier alpha value is -6.40. The zero-order chi connectivity index (χ0) is 53.5. The summed E-state index contributed by atoms with van der Waals surface area (Å²) in [6.07, 6.45) is 7.53. The first-order valence-electron chi connectivity index (χ1n) is 27.5. The molecule has 402 valence electrons. The number of anilines is 1. The maximum atomic E-state index is 15.2. The molecule has 13 heteroatoms. The fourth-order valence-corrected chi connectivity index (χ4v) is 12.8. The number of dihydropyridines is 1. The second-order valence-corrected chi connectivity index (χ2v) is 21.9. The van der Waals surface area contributed by atoms with Gasteiger partial charge in [0.05, 0.1) is 25.2 Å². The van der Waals surface area contributed by atoms with Gasteiger partial charge in [-0.2, -0.15) is 0 Å². The van der Waals surface area contributed by atoms with Gasteiger partial charge in [-0.1, -0.05) is 86.7 Å². The number of aliphatic hydroxyl groups excluding tert-OH is 4. The molecule has 9 rings (SSSR count). The van der Waals surface area contributed by atoms with Crippen LogP contribution in [0.2, 0.25) is 0 Å². The largest absolute Gasteiger partial charge is 0.507 e. The number of β-amino-alcohol motifs (C(OH)–C–C–N with tert-alkyl or cyclic N) is 1. The number of phenolic OH excluding ortho intramolecular Hbond substituents is 2. The van der Waals surface area contributed by atoms with Crippen LogP contribution in [0.4, 0.5) is 5.69 Å². The maximum absolute atomic E-state index is 15.2. The Kier molecular flexibility index (Phi) is 17.7. The molecule has 2 aliphatic heterocycles. The Labute approximate surface area is 446 Å². The summed E-state index contributed by atoms with van der Waals surface area (Å²) in [7, 11) is 1.47. The highest BCUT2D eigenvalue weighted by Gasteiger charge is 2.45. The molecule has 5 aromatic rings. The first kappa shape index (κ1) is 54.4. The molecular formula is C63H76N4O9. The van der Waals surface area contributed by atoms with Crippen LogP contribution in [0.3, 0.4) is 0 Å². The van der Waals surface area contributed by atoms with Crippen molar-refractivity contribution in [2.45, 2.75) is 115 Å². The van der Waals surface area contributed by atoms with E-state index in [9.17, 15) is 35.4 Å². The summed E-state index contributed by atoms with van der Waals surface area (Å²) in [5.74, 6) is 4.58. The number of aryl methyl sites for hydroxylation is 1. The van der Waals surface area contributed by atoms with Gasteiger partial charge in [0.1, 0.15) is 11.6 Å². The number of Topliss-reactive ketones (excluding diaryl/α,β-unsaturated/α-hetero) is 2. The van der Waals surface area contributed by atoms with E-state index in [0.29, 0.717) is 81.1 Å². The topological polar surface area (TPSA) is 217 Å². The van der Waals surface area contributed by atoms with E-state index in [2.05, 4.69) is 64.8 Å². The zero-order valence-corrected chi connectivity index (χ0v) is 44.1. The number of H-pyrrole nitrogens is 1. The molecule has 0 spiro atoms. The van der Waals surface area contributed by atoms with E-state index in [1.54, 1.807) is 12.1 Å². The van der Waals surface area contributed by atoms with E-state index in [1.807, 2.05) is 66.9 Å². The molecule has 4 aliphatic rings. The number of nitrogens with one attached hydrogen (secondary N) is 4. The minimum Gasteiger partial charge on any atom is -0.507 e. The maximum Gasteiger partial charge on any atom is 0.173 e. The SMILES string of the molecule is CCC[C@H]1[C@@H]2C[C@H](C[C@H]3C#C[C@@H](c4ccccc4)c4cc(O)c(OC)cc4CCC(=O)[C@H](O)C(=O)[C@@H]3C2)[C@H](CCCO)C2=CCNC(=C2)Nc2ccc3ccc(c(O)c3c2)C[C@H](O)CNC[C@@H](C)c2c[nH]c(c2)C[C@H]1O. The van der Waals surface area contributed by atoms with E-state index in [1.165, 1.54) is 7.11 Å². The van der Waals surface area contributed by atoms with Gasteiger partial charge < -0.3 is 56.3 Å². The molecule has 0 unspecified atom stereocenters. The Morgan fingerprint density at radius 1 is 0.829 bits per heavy atom. The van der Waals surface area contributed by atoms with Crippen molar-refractivity contribution in [2.75, 3.05) is 38.7 Å². The Bertz CT molecular complexity index is 2970. The quantitative estimate of drug-likeness (QED) is 0.0550. The number of fused-ring (bicyclic) bond motifs is 9. The lowest BCUT2D eigenvalue weighted by molar-refractivity contribution is -0.142. The number of carbonyl (C=O) groups is 2. The van der Waals surface area contributed by atoms with Crippen molar-refractivity contribution >= 4 is 28.0 Å². The normalized spacial score (nSPS) is 27.8. The fraction of sp³-hybridized carbons (Fsp3) is 0.460. The summed E-state index contributed by atoms with van der Waals surface area (Å²) >= 11 is 0. The average Bonchev–Trinajstić information content (AvgIpc) is 3.81. The molecule has 10 N–H and O–H groups in total. The minimum atomic E-state index is -1.88. The molecular weight excluding hydrogens is 957 g/mol. The van der Waals surface area contributed by atoms with Gasteiger partial charge in [-0.15, -0.1) is 0 Å². The number of rotatable bonds is 7. The third-order valence-electron chi connectivity index (χ3n) is 16.8. The number of ketones is 2. The van der Waals surface area contributed by atoms with Crippen molar-refractivity contribution < 1.29 is 45.0 Å². The number of phenols is 2. The van der Waals surface area contributed by atoms with E-state index in [-0.39, 0.29) is 72.7 Å². The van der Waals surface area contributed by atoms with Crippen molar-refractivity contribution in [3.63, 3.8) is 0 Å². The van der Waals surface area contributed by atoms with E-state index >= 15 is 4.79 Å². The van der Waals surface area contributed by atoms with Gasteiger partial charge in [0.15, 0.2) is 29.2 Å². The summed E-state index contributed by atoms with van der Waals surface area (Å²) in [4.78, 5) is 32.8. The summed E-state index contributed by atoms with van der Waals surface area (Å²) < 4.78 is 5.53. The van der Waals surface area contributed by atoms with Crippen molar-refractivity contribution in [2.24, 2.45) is 35.5 Å². The van der Waals surface area contributed by atoms with Crippen LogP contribution >= 0.6 is 0 Å². The van der Waals surface area contributed by atoms with Crippen LogP contribution < -0.4 is 20.7 Å². The molecule has 3 heterocycles. The highest BCUT2D eigenvalue weighted by molar-refractivity contribution is 6.06. The first-order chi connectivity index (χ1) is 36.8. The number of hydrogen-bond acceptors (Lipinski definition) is 12. The third kappa shape index (κ3) is 12.4. The summed E-state index contributed by atoms with van der Waals surface area (Å²) in [5, 5.41) is 81.1. The second-order valence-electron chi connectivity index (χ2n) is 21.9. The number of aliphatic hydroxyl groups is 4. The molecule has 0 radical (unpaired) electrons. The van der Waals surface area contributed by atoms with Crippen LogP contribution in [-0.2, 0) is 28.9 Å². The van der Waals surface area contributed by atoms with Crippen molar-refractivity contribution in [3.8, 4) is 29.1 Å². The Morgan fingerprint density at radius 3 is 2.43 bits per heavy atom. The van der Waals surface area contributed by atoms with Crippen LogP contribution in [0.1, 0.15) is 111 Å². The fourth-order valence-electron chi connectivity index (χ4n) is 12.8. The van der Waals surface area contributed by atoms with Gasteiger partial charge >= 0.3 is 0 Å². The highest BCUT2D eigenvalue weighted by atomic mass is 16.5. The van der Waals surface area contributed by atoms with Crippen molar-refractivity contribution in [1.29, 1.82) is 0 Å². The molecule has 1 fully saturated rings. The predicted octanol–water partition coefficient (Wildman–Crippen LogP) is 8.32. The summed E-state index contributed by atoms with van der Waals surface area (Å²) in [6, 6.07) is 25.0. The van der Waals surface area contributed by atoms with E-state index < -0.39 is 47.6 Å². The smallest absolute Gasteiger partial charge is 0.173 e. The average molecular weight is 1030 g/mol. The standard InChI is InChI=1S/C63H76N4O9/c1-4-9-52-45-25-44(24-40-16-19-51(38-10-6-5-7-11-38)53-33-58(72)59(76-3)29-41(53)17-20-56(70)63(75)62(74)54(40)28-45)50(12-8-23-68)42-21-22-65-60(30-42)67-47-18-15-39-13-14-43(61(73)55(39)31-47)27-49(69)36-64-34-37(2)46-26-48(66-35-46)32-57(52)71/h5-7,10-11,13-15,18,21,26,29-31,33,35,37,40,44-45,49-52,54,57,63-69,71-73,75H,4,8-9,12,17,20,22-25,27-28,32,34,36H2,1-3H3/t37-,40-,44+,45-,49+,50-,51+,52+,54-,57-,63+/m1/s1. The lowest BCUT2D eigenvalue weighted by Crippen LogP contribution is -2.40. The van der Waals surface area contributed by atoms with Gasteiger partial charge in [0.2, 0.25) is 0 Å². The number of carbonyl (C=O) groups excluding carboxylic acids is 2. The van der Waals surface area contributed by atoms with E-state index in [0.717, 1.165) is 51.3 Å². The van der Waals surface area contributed by atoms with Gasteiger partial charge in [-0.05, 0) is 150 Å². The number of methoxy groups -OCH3 is 1. The van der Waals surface area contributed by atoms with Gasteiger partial charge in [-0.3, -0.25) is 9.59 Å². The summed E-state index contributed by atoms with van der Waals surface area (Å²) in [6.45, 7) is 5.64. The van der Waals surface area contributed by atoms with Crippen molar-refractivity contribution in [1.82, 2.24) is 15.6 Å². The third-order valence-corrected chi connectivity index (χ3v) is 16.8. The van der Waals surface area contributed by atoms with Gasteiger partial charge in [-0.25, -0.2) is 0 Å². The molecule has 11 atom stereocenters. The van der Waals surface area contributed by atoms with Gasteiger partial charge in [0.25, 0.3) is 0 Å². The number of hydrogen-bond donors (Lipinski definition) is 10. The lowest BCUT2D eigenvalue weighted by atomic mass is 9.71. The number of aromatic amines is 1. The monoisotopic (exact) mass is 1030 g/mol. The molecule has 4 aromatic carbocycles. The molecule has 9 bridgehead atoms. The molecule has 13 nitrogen and oxygen atoms in total. The van der Waals surface area contributed by atoms with Crippen molar-refractivity contribution in [3.05, 3.63) is 142 Å². The summed E-state index contributed by atoms with van der Waals surface area (Å²) in [5.41, 5.74) is 6.72. The van der Waals surface area contributed by atoms with Crippen LogP contribution in [-0.4, -0.2) is 98.9 Å². The minimum absolute atomic E-state index is 0.0228. The molecule has 1 saturated carbocycles. The molecule has 0 amide bonds. The molecule has 76 heavy (non-hydrogen) atoms. The number of aromatic hydroxyl groups is 2. The van der Waals surface area contributed by atoms with Crippen LogP contribution in [0.25, 0.3) is 10.8 Å². The first-order valence-corrected chi connectivity index (χ1v) is 27.5. The number of allylic oxidation sites excluding steroid dienone is 2. The van der Waals surface area contributed by atoms with Crippen LogP contribution in [0.5, 0.6) is 17.2 Å². The number of aromatic nitrogens is 1.